The Morgan fingerprint density at radius 2 is 1.93 bits per heavy atom. The van der Waals surface area contributed by atoms with E-state index in [0.717, 1.165) is 40.8 Å². The van der Waals surface area contributed by atoms with Crippen molar-refractivity contribution in [3.63, 3.8) is 0 Å². The smallest absolute Gasteiger partial charge is 0.410 e. The molecule has 2 atom stereocenters. The standard InChI is InChI=1S/C27H28BrF3N4O4S/c1-3-39-26(37)20-16-7-5-4-6-8-18(16)40-25(20)33-24(36)22-21(28)23-32-17(14-9-11-15(38-2)12-10-14)13-19(27(29,30)31)35(23)34-22/h9-12,17,19,32H,3-8,13H2,1-2H3,(H,33,36)/t17-,19-/m1/s1. The number of carbonyl (C=O) groups is 2. The molecule has 3 aromatic rings. The molecule has 2 aliphatic rings. The van der Waals surface area contributed by atoms with Gasteiger partial charge < -0.3 is 20.1 Å². The number of hydrogen-bond acceptors (Lipinski definition) is 7. The van der Waals surface area contributed by atoms with Gasteiger partial charge in [-0.1, -0.05) is 18.6 Å². The van der Waals surface area contributed by atoms with Gasteiger partial charge in [-0.2, -0.15) is 18.3 Å². The number of carbonyl (C=O) groups excluding carboxylic acids is 2. The van der Waals surface area contributed by atoms with E-state index in [2.05, 4.69) is 31.7 Å². The summed E-state index contributed by atoms with van der Waals surface area (Å²) in [5.41, 5.74) is 1.62. The Kier molecular flexibility index (Phi) is 8.14. The summed E-state index contributed by atoms with van der Waals surface area (Å²) in [5.74, 6) is -0.613. The van der Waals surface area contributed by atoms with Crippen molar-refractivity contribution in [2.24, 2.45) is 0 Å². The fourth-order valence-electron chi connectivity index (χ4n) is 5.20. The minimum Gasteiger partial charge on any atom is -0.497 e. The number of amides is 1. The van der Waals surface area contributed by atoms with Gasteiger partial charge in [-0.15, -0.1) is 11.3 Å². The van der Waals surface area contributed by atoms with Gasteiger partial charge in [0.05, 0.1) is 29.8 Å². The molecular formula is C27H28BrF3N4O4S. The third kappa shape index (κ3) is 5.45. The van der Waals surface area contributed by atoms with Gasteiger partial charge in [-0.05, 0) is 71.8 Å². The number of benzene rings is 1. The molecule has 0 unspecified atom stereocenters. The second-order valence-electron chi connectivity index (χ2n) is 9.66. The number of hydrogen-bond donors (Lipinski definition) is 2. The van der Waals surface area contributed by atoms with Crippen LogP contribution in [0.25, 0.3) is 0 Å². The zero-order valence-corrected chi connectivity index (χ0v) is 24.3. The highest BCUT2D eigenvalue weighted by Crippen LogP contribution is 2.47. The van der Waals surface area contributed by atoms with Crippen LogP contribution in [0.1, 0.15) is 81.5 Å². The minimum absolute atomic E-state index is 0.0483. The van der Waals surface area contributed by atoms with Crippen molar-refractivity contribution in [3.05, 3.63) is 56.0 Å². The van der Waals surface area contributed by atoms with E-state index in [0.29, 0.717) is 28.3 Å². The number of ether oxygens (including phenoxy) is 2. The molecule has 0 radical (unpaired) electrons. The number of anilines is 2. The summed E-state index contributed by atoms with van der Waals surface area (Å²) in [5, 5.41) is 10.3. The number of fused-ring (bicyclic) bond motifs is 2. The molecule has 2 N–H and O–H groups in total. The average Bonchev–Trinajstić information content (AvgIpc) is 3.34. The Balaban J connectivity index is 1.49. The van der Waals surface area contributed by atoms with Crippen LogP contribution in [-0.2, 0) is 17.6 Å². The zero-order chi connectivity index (χ0) is 28.6. The molecule has 2 aromatic heterocycles. The molecule has 13 heteroatoms. The van der Waals surface area contributed by atoms with Crippen molar-refractivity contribution in [3.8, 4) is 5.75 Å². The molecule has 1 aliphatic carbocycles. The van der Waals surface area contributed by atoms with Crippen LogP contribution in [0.4, 0.5) is 24.0 Å². The number of aryl methyl sites for hydroxylation is 1. The highest BCUT2D eigenvalue weighted by atomic mass is 79.9. The number of nitrogens with zero attached hydrogens (tertiary/aromatic N) is 2. The van der Waals surface area contributed by atoms with Gasteiger partial charge in [0.25, 0.3) is 5.91 Å². The van der Waals surface area contributed by atoms with Gasteiger partial charge in [0.2, 0.25) is 0 Å². The highest BCUT2D eigenvalue weighted by molar-refractivity contribution is 9.10. The van der Waals surface area contributed by atoms with Gasteiger partial charge in [-0.25, -0.2) is 9.48 Å². The number of rotatable bonds is 6. The first-order chi connectivity index (χ1) is 19.1. The molecule has 3 heterocycles. The van der Waals surface area contributed by atoms with Gasteiger partial charge in [0, 0.05) is 11.3 Å². The van der Waals surface area contributed by atoms with E-state index in [1.165, 1.54) is 18.4 Å². The van der Waals surface area contributed by atoms with Crippen LogP contribution in [0.5, 0.6) is 5.75 Å². The van der Waals surface area contributed by atoms with Gasteiger partial charge in [-0.3, -0.25) is 4.79 Å². The number of esters is 1. The van der Waals surface area contributed by atoms with E-state index in [4.69, 9.17) is 9.47 Å². The second-order valence-corrected chi connectivity index (χ2v) is 11.6. The predicted octanol–water partition coefficient (Wildman–Crippen LogP) is 7.07. The molecule has 0 fully saturated rings. The molecule has 1 aliphatic heterocycles. The van der Waals surface area contributed by atoms with Crippen LogP contribution in [0.2, 0.25) is 0 Å². The molecule has 1 aromatic carbocycles. The monoisotopic (exact) mass is 640 g/mol. The maximum atomic E-state index is 14.2. The first kappa shape index (κ1) is 28.5. The molecule has 214 valence electrons. The summed E-state index contributed by atoms with van der Waals surface area (Å²) in [4.78, 5) is 27.4. The van der Waals surface area contributed by atoms with Crippen LogP contribution < -0.4 is 15.4 Å². The van der Waals surface area contributed by atoms with Crippen LogP contribution in [0.3, 0.4) is 0 Å². The van der Waals surface area contributed by atoms with Crippen molar-refractivity contribution in [1.29, 1.82) is 0 Å². The van der Waals surface area contributed by atoms with E-state index >= 15 is 0 Å². The third-order valence-corrected chi connectivity index (χ3v) is 9.12. The molecule has 8 nitrogen and oxygen atoms in total. The normalized spacial score (nSPS) is 18.6. The molecule has 40 heavy (non-hydrogen) atoms. The van der Waals surface area contributed by atoms with Crippen molar-refractivity contribution in [2.75, 3.05) is 24.4 Å². The number of aromatic nitrogens is 2. The summed E-state index contributed by atoms with van der Waals surface area (Å²) in [6.07, 6.45) is -0.503. The molecule has 0 bridgehead atoms. The van der Waals surface area contributed by atoms with Crippen LogP contribution >= 0.6 is 27.3 Å². The molecule has 0 saturated heterocycles. The second kappa shape index (κ2) is 11.4. The summed E-state index contributed by atoms with van der Waals surface area (Å²) in [6, 6.07) is 4.13. The number of halogens is 4. The summed E-state index contributed by atoms with van der Waals surface area (Å²) in [6.45, 7) is 1.88. The molecule has 5 rings (SSSR count). The summed E-state index contributed by atoms with van der Waals surface area (Å²) < 4.78 is 54.0. The lowest BCUT2D eigenvalue weighted by Gasteiger charge is -2.33. The quantitative estimate of drug-likeness (QED) is 0.221. The Bertz CT molecular complexity index is 1420. The SMILES string of the molecule is CCOC(=O)c1c(NC(=O)c2nn3c(c2Br)N[C@@H](c2ccc(OC)cc2)C[C@@H]3C(F)(F)F)sc2c1CCCCC2. The lowest BCUT2D eigenvalue weighted by Crippen LogP contribution is -2.35. The summed E-state index contributed by atoms with van der Waals surface area (Å²) >= 11 is 4.64. The molecule has 1 amide bonds. The highest BCUT2D eigenvalue weighted by Gasteiger charge is 2.48. The van der Waals surface area contributed by atoms with E-state index in [1.807, 2.05) is 0 Å². The predicted molar refractivity (Wildman–Crippen MR) is 148 cm³/mol. The number of alkyl halides is 3. The Morgan fingerprint density at radius 1 is 1.20 bits per heavy atom. The molecule has 0 saturated carbocycles. The fourth-order valence-corrected chi connectivity index (χ4v) is 7.03. The Morgan fingerprint density at radius 3 is 2.60 bits per heavy atom. The minimum atomic E-state index is -4.61. The van der Waals surface area contributed by atoms with Gasteiger partial charge in [0.1, 0.15) is 16.6 Å². The van der Waals surface area contributed by atoms with E-state index < -0.39 is 30.1 Å². The average molecular weight is 642 g/mol. The molecule has 0 spiro atoms. The maximum absolute atomic E-state index is 14.2. The van der Waals surface area contributed by atoms with Gasteiger partial charge >= 0.3 is 12.1 Å². The maximum Gasteiger partial charge on any atom is 0.410 e. The fraction of sp³-hybridized carbons (Fsp3) is 0.444. The van der Waals surface area contributed by atoms with E-state index in [-0.39, 0.29) is 29.0 Å². The lowest BCUT2D eigenvalue weighted by atomic mass is 9.97. The van der Waals surface area contributed by atoms with Gasteiger partial charge in [0.15, 0.2) is 11.7 Å². The Labute approximate surface area is 241 Å². The van der Waals surface area contributed by atoms with Crippen molar-refractivity contribution in [1.82, 2.24) is 9.78 Å². The zero-order valence-electron chi connectivity index (χ0n) is 21.9. The van der Waals surface area contributed by atoms with Crippen molar-refractivity contribution < 1.29 is 32.2 Å². The largest absolute Gasteiger partial charge is 0.497 e. The number of methoxy groups -OCH3 is 1. The van der Waals surface area contributed by atoms with E-state index in [1.54, 1.807) is 31.2 Å². The van der Waals surface area contributed by atoms with Crippen LogP contribution in [-0.4, -0.2) is 41.5 Å². The number of nitrogens with one attached hydrogen (secondary N) is 2. The first-order valence-corrected chi connectivity index (χ1v) is 14.6. The van der Waals surface area contributed by atoms with E-state index in [9.17, 15) is 22.8 Å². The molecular weight excluding hydrogens is 613 g/mol. The third-order valence-electron chi connectivity index (χ3n) is 7.16. The van der Waals surface area contributed by atoms with Crippen LogP contribution in [0, 0.1) is 0 Å². The Hall–Kier alpha value is -3.06. The van der Waals surface area contributed by atoms with Crippen LogP contribution in [0.15, 0.2) is 28.7 Å². The lowest BCUT2D eigenvalue weighted by molar-refractivity contribution is -0.173. The topological polar surface area (TPSA) is 94.5 Å². The number of thiophene rings is 1. The van der Waals surface area contributed by atoms with Crippen molar-refractivity contribution in [2.45, 2.75) is 63.7 Å². The van der Waals surface area contributed by atoms with Crippen molar-refractivity contribution >= 4 is 50.0 Å². The summed E-state index contributed by atoms with van der Waals surface area (Å²) in [7, 11) is 1.51. The first-order valence-electron chi connectivity index (χ1n) is 13.0.